The van der Waals surface area contributed by atoms with Crippen LogP contribution in [0.3, 0.4) is 0 Å². The van der Waals surface area contributed by atoms with Crippen LogP contribution in [-0.2, 0) is 6.42 Å². The van der Waals surface area contributed by atoms with Gasteiger partial charge in [0.05, 0.1) is 0 Å². The Balaban J connectivity index is 0.00000133. The smallest absolute Gasteiger partial charge is 0.189 e. The van der Waals surface area contributed by atoms with Crippen molar-refractivity contribution in [2.75, 3.05) is 0 Å². The van der Waals surface area contributed by atoms with Crippen molar-refractivity contribution in [1.82, 2.24) is 4.98 Å². The van der Waals surface area contributed by atoms with E-state index < -0.39 is 0 Å². The molecule has 1 aliphatic carbocycles. The summed E-state index contributed by atoms with van der Waals surface area (Å²) in [6.45, 7) is 0. The largest absolute Gasteiger partial charge is 0.289 e. The predicted molar refractivity (Wildman–Crippen MR) is 78.6 cm³/mol. The van der Waals surface area contributed by atoms with Gasteiger partial charge in [0.25, 0.3) is 0 Å². The van der Waals surface area contributed by atoms with Crippen LogP contribution >= 0.6 is 12.4 Å². The summed E-state index contributed by atoms with van der Waals surface area (Å²) in [5.74, 6) is 0.153. The van der Waals surface area contributed by atoms with Gasteiger partial charge >= 0.3 is 0 Å². The lowest BCUT2D eigenvalue weighted by molar-refractivity contribution is 0.102. The third-order valence-electron chi connectivity index (χ3n) is 3.24. The van der Waals surface area contributed by atoms with E-state index in [2.05, 4.69) is 4.98 Å². The van der Waals surface area contributed by atoms with E-state index in [0.717, 1.165) is 35.1 Å². The summed E-state index contributed by atoms with van der Waals surface area (Å²) < 4.78 is 0. The van der Waals surface area contributed by atoms with Gasteiger partial charge in [0.1, 0.15) is 0 Å². The molecule has 1 aromatic heterocycles. The number of aryl methyl sites for hydroxylation is 1. The van der Waals surface area contributed by atoms with Gasteiger partial charge in [-0.1, -0.05) is 30.3 Å². The second-order valence-corrected chi connectivity index (χ2v) is 4.44. The third-order valence-corrected chi connectivity index (χ3v) is 3.24. The van der Waals surface area contributed by atoms with Crippen LogP contribution in [0.15, 0.2) is 54.4 Å². The van der Waals surface area contributed by atoms with E-state index in [-0.39, 0.29) is 18.2 Å². The van der Waals surface area contributed by atoms with E-state index in [1.54, 1.807) is 12.4 Å². The minimum Gasteiger partial charge on any atom is -0.289 e. The fraction of sp³-hybridized carbons (Fsp3) is 0.125. The summed E-state index contributed by atoms with van der Waals surface area (Å²) in [6.07, 6.45) is 7.21. The molecular formula is C16H14ClNO. The average molecular weight is 272 g/mol. The maximum atomic E-state index is 12.3. The van der Waals surface area contributed by atoms with E-state index in [1.807, 2.05) is 42.5 Å². The highest BCUT2D eigenvalue weighted by Gasteiger charge is 2.20. The molecule has 0 saturated heterocycles. The number of carbonyl (C=O) groups excluding carboxylic acids is 1. The average Bonchev–Trinajstić information content (AvgIpc) is 2.43. The molecule has 0 aliphatic heterocycles. The van der Waals surface area contributed by atoms with E-state index in [0.29, 0.717) is 0 Å². The van der Waals surface area contributed by atoms with Gasteiger partial charge in [0.15, 0.2) is 5.78 Å². The number of halogens is 1. The summed E-state index contributed by atoms with van der Waals surface area (Å²) >= 11 is 0. The van der Waals surface area contributed by atoms with Crippen molar-refractivity contribution in [2.24, 2.45) is 0 Å². The van der Waals surface area contributed by atoms with Crippen molar-refractivity contribution in [2.45, 2.75) is 12.8 Å². The maximum absolute atomic E-state index is 12.3. The van der Waals surface area contributed by atoms with Gasteiger partial charge in [0.2, 0.25) is 0 Å². The molecule has 0 atom stereocenters. The molecular weight excluding hydrogens is 258 g/mol. The Morgan fingerprint density at radius 3 is 2.68 bits per heavy atom. The lowest BCUT2D eigenvalue weighted by atomic mass is 9.86. The normalized spacial score (nSPS) is 15.8. The van der Waals surface area contributed by atoms with Gasteiger partial charge in [-0.25, -0.2) is 0 Å². The predicted octanol–water partition coefficient (Wildman–Crippen LogP) is 3.72. The van der Waals surface area contributed by atoms with Crippen LogP contribution in [0.25, 0.3) is 6.08 Å². The minimum atomic E-state index is 0. The SMILES string of the molecule is Cl.O=C1/C(=C\c2cccnc2)CCc2ccccc21. The second kappa shape index (κ2) is 5.81. The number of ketones is 1. The van der Waals surface area contributed by atoms with Crippen molar-refractivity contribution in [1.29, 1.82) is 0 Å². The molecule has 2 nitrogen and oxygen atoms in total. The molecule has 0 saturated carbocycles. The standard InChI is InChI=1S/C16H13NO.ClH/c18-16-14(10-12-4-3-9-17-11-12)8-7-13-5-1-2-6-15(13)16;/h1-6,9-11H,7-8H2;1H/b14-10-;. The highest BCUT2D eigenvalue weighted by Crippen LogP contribution is 2.26. The van der Waals surface area contributed by atoms with E-state index >= 15 is 0 Å². The van der Waals surface area contributed by atoms with Crippen LogP contribution in [0.5, 0.6) is 0 Å². The van der Waals surface area contributed by atoms with Gasteiger partial charge in [-0.2, -0.15) is 0 Å². The number of Topliss-reactive ketones (excluding diaryl/α,β-unsaturated/α-hetero) is 1. The summed E-state index contributed by atoms with van der Waals surface area (Å²) in [4.78, 5) is 16.4. The first-order valence-corrected chi connectivity index (χ1v) is 6.08. The van der Waals surface area contributed by atoms with Gasteiger partial charge < -0.3 is 0 Å². The number of aromatic nitrogens is 1. The van der Waals surface area contributed by atoms with Crippen LogP contribution < -0.4 is 0 Å². The molecule has 96 valence electrons. The lowest BCUT2D eigenvalue weighted by Crippen LogP contribution is -2.13. The van der Waals surface area contributed by atoms with Crippen LogP contribution in [0.1, 0.15) is 27.9 Å². The zero-order valence-corrected chi connectivity index (χ0v) is 11.2. The number of fused-ring (bicyclic) bond motifs is 1. The van der Waals surface area contributed by atoms with E-state index in [4.69, 9.17) is 0 Å². The molecule has 0 radical (unpaired) electrons. The molecule has 2 aromatic rings. The van der Waals surface area contributed by atoms with Crippen molar-refractivity contribution < 1.29 is 4.79 Å². The number of nitrogens with zero attached hydrogens (tertiary/aromatic N) is 1. The van der Waals surface area contributed by atoms with Gasteiger partial charge in [-0.3, -0.25) is 9.78 Å². The Kier molecular flexibility index (Phi) is 4.13. The Morgan fingerprint density at radius 2 is 1.89 bits per heavy atom. The zero-order valence-electron chi connectivity index (χ0n) is 10.4. The van der Waals surface area contributed by atoms with Crippen LogP contribution in [0.2, 0.25) is 0 Å². The third kappa shape index (κ3) is 2.74. The Labute approximate surface area is 118 Å². The van der Waals surface area contributed by atoms with Crippen LogP contribution in [-0.4, -0.2) is 10.8 Å². The minimum absolute atomic E-state index is 0. The molecule has 3 rings (SSSR count). The van der Waals surface area contributed by atoms with E-state index in [9.17, 15) is 4.79 Å². The first kappa shape index (κ1) is 13.5. The topological polar surface area (TPSA) is 30.0 Å². The maximum Gasteiger partial charge on any atom is 0.189 e. The van der Waals surface area contributed by atoms with Crippen molar-refractivity contribution in [3.8, 4) is 0 Å². The lowest BCUT2D eigenvalue weighted by Gasteiger charge is -2.17. The zero-order chi connectivity index (χ0) is 12.4. The number of hydrogen-bond acceptors (Lipinski definition) is 2. The van der Waals surface area contributed by atoms with Crippen LogP contribution in [0, 0.1) is 0 Å². The molecule has 0 unspecified atom stereocenters. The Hall–Kier alpha value is -1.93. The number of rotatable bonds is 1. The highest BCUT2D eigenvalue weighted by molar-refractivity contribution is 6.13. The second-order valence-electron chi connectivity index (χ2n) is 4.44. The molecule has 0 N–H and O–H groups in total. The van der Waals surface area contributed by atoms with Gasteiger partial charge in [0, 0.05) is 23.5 Å². The monoisotopic (exact) mass is 271 g/mol. The van der Waals surface area contributed by atoms with Gasteiger partial charge in [-0.15, -0.1) is 12.4 Å². The Morgan fingerprint density at radius 1 is 1.05 bits per heavy atom. The quantitative estimate of drug-likeness (QED) is 0.740. The molecule has 19 heavy (non-hydrogen) atoms. The molecule has 0 spiro atoms. The fourth-order valence-electron chi connectivity index (χ4n) is 2.32. The summed E-state index contributed by atoms with van der Waals surface area (Å²) in [5.41, 5.74) is 3.87. The Bertz CT molecular complexity index is 620. The van der Waals surface area contributed by atoms with Crippen molar-refractivity contribution >= 4 is 24.3 Å². The van der Waals surface area contributed by atoms with Crippen molar-refractivity contribution in [3.63, 3.8) is 0 Å². The first-order chi connectivity index (χ1) is 8.84. The number of pyridine rings is 1. The van der Waals surface area contributed by atoms with Gasteiger partial charge in [-0.05, 0) is 36.1 Å². The fourth-order valence-corrected chi connectivity index (χ4v) is 2.32. The number of hydrogen-bond donors (Lipinski definition) is 0. The number of benzene rings is 1. The van der Waals surface area contributed by atoms with Crippen LogP contribution in [0.4, 0.5) is 0 Å². The summed E-state index contributed by atoms with van der Waals surface area (Å²) in [5, 5.41) is 0. The molecule has 3 heteroatoms. The number of carbonyl (C=O) groups is 1. The highest BCUT2D eigenvalue weighted by atomic mass is 35.5. The number of allylic oxidation sites excluding steroid dienone is 1. The first-order valence-electron chi connectivity index (χ1n) is 6.08. The molecule has 0 amide bonds. The molecule has 0 fully saturated rings. The van der Waals surface area contributed by atoms with Crippen molar-refractivity contribution in [3.05, 3.63) is 71.1 Å². The summed E-state index contributed by atoms with van der Waals surface area (Å²) in [6, 6.07) is 11.7. The molecule has 1 aliphatic rings. The molecule has 1 aromatic carbocycles. The molecule has 1 heterocycles. The molecule has 0 bridgehead atoms. The van der Waals surface area contributed by atoms with E-state index in [1.165, 1.54) is 0 Å². The summed E-state index contributed by atoms with van der Waals surface area (Å²) in [7, 11) is 0.